The van der Waals surface area contributed by atoms with Crippen LogP contribution >= 0.6 is 11.6 Å². The Kier molecular flexibility index (Phi) is 4.97. The van der Waals surface area contributed by atoms with Crippen molar-refractivity contribution in [3.63, 3.8) is 0 Å². The summed E-state index contributed by atoms with van der Waals surface area (Å²) in [6.45, 7) is 4.48. The summed E-state index contributed by atoms with van der Waals surface area (Å²) in [5.74, 6) is 0.955. The van der Waals surface area contributed by atoms with Crippen LogP contribution < -0.4 is 0 Å². The third kappa shape index (κ3) is 3.20. The van der Waals surface area contributed by atoms with E-state index >= 15 is 0 Å². The van der Waals surface area contributed by atoms with Gasteiger partial charge in [-0.15, -0.1) is 11.6 Å². The van der Waals surface area contributed by atoms with Gasteiger partial charge in [-0.05, 0) is 13.3 Å². The van der Waals surface area contributed by atoms with Crippen molar-refractivity contribution in [2.24, 2.45) is 7.05 Å². The van der Waals surface area contributed by atoms with Crippen LogP contribution in [0.1, 0.15) is 19.2 Å². The van der Waals surface area contributed by atoms with Crippen LogP contribution in [0.5, 0.6) is 0 Å². The summed E-state index contributed by atoms with van der Waals surface area (Å²) in [7, 11) is -1.74. The van der Waals surface area contributed by atoms with Crippen LogP contribution in [-0.4, -0.2) is 41.2 Å². The van der Waals surface area contributed by atoms with Crippen LogP contribution in [0.25, 0.3) is 0 Å². The Morgan fingerprint density at radius 1 is 1.47 bits per heavy atom. The molecule has 0 N–H and O–H groups in total. The molecule has 5 nitrogen and oxygen atoms in total. The number of hydrogen-bond acceptors (Lipinski definition) is 3. The Morgan fingerprint density at radius 3 is 2.53 bits per heavy atom. The van der Waals surface area contributed by atoms with E-state index in [0.717, 1.165) is 6.42 Å². The fourth-order valence-electron chi connectivity index (χ4n) is 1.48. The highest BCUT2D eigenvalue weighted by molar-refractivity contribution is 7.89. The highest BCUT2D eigenvalue weighted by atomic mass is 35.5. The van der Waals surface area contributed by atoms with E-state index in [-0.39, 0.29) is 10.9 Å². The van der Waals surface area contributed by atoms with Gasteiger partial charge >= 0.3 is 0 Å². The average molecular weight is 280 g/mol. The van der Waals surface area contributed by atoms with Gasteiger partial charge in [0.1, 0.15) is 5.82 Å². The Hall–Kier alpha value is -0.590. The molecule has 0 spiro atoms. The topological polar surface area (TPSA) is 55.2 Å². The largest absolute Gasteiger partial charge is 0.337 e. The molecule has 0 fully saturated rings. The molecule has 0 aliphatic rings. The minimum Gasteiger partial charge on any atom is -0.337 e. The summed E-state index contributed by atoms with van der Waals surface area (Å²) in [4.78, 5) is 4.06. The van der Waals surface area contributed by atoms with Crippen molar-refractivity contribution in [1.82, 2.24) is 13.9 Å². The van der Waals surface area contributed by atoms with E-state index in [0.29, 0.717) is 18.9 Å². The van der Waals surface area contributed by atoms with Crippen LogP contribution in [0, 0.1) is 6.92 Å². The van der Waals surface area contributed by atoms with Crippen LogP contribution in [0.2, 0.25) is 0 Å². The standard InChI is InChI=1S/C10H18ClN3O2S/c1-4-6-14(7-5-11)17(15,16)10-8-13(3)9(2)12-10/h8H,4-7H2,1-3H3. The number of aryl methyl sites for hydroxylation is 2. The zero-order valence-electron chi connectivity index (χ0n) is 10.4. The fraction of sp³-hybridized carbons (Fsp3) is 0.700. The molecule has 17 heavy (non-hydrogen) atoms. The lowest BCUT2D eigenvalue weighted by Crippen LogP contribution is -2.33. The average Bonchev–Trinajstić information content (AvgIpc) is 2.59. The summed E-state index contributed by atoms with van der Waals surface area (Å²) in [5.41, 5.74) is 0. The molecule has 0 aliphatic carbocycles. The maximum Gasteiger partial charge on any atom is 0.262 e. The van der Waals surface area contributed by atoms with Gasteiger partial charge in [0.2, 0.25) is 0 Å². The molecule has 0 saturated heterocycles. The quantitative estimate of drug-likeness (QED) is 0.739. The third-order valence-electron chi connectivity index (χ3n) is 2.50. The summed E-state index contributed by atoms with van der Waals surface area (Å²) >= 11 is 5.63. The predicted molar refractivity (Wildman–Crippen MR) is 67.7 cm³/mol. The van der Waals surface area contributed by atoms with Gasteiger partial charge in [0.25, 0.3) is 10.0 Å². The van der Waals surface area contributed by atoms with E-state index in [1.165, 1.54) is 10.5 Å². The Balaban J connectivity index is 3.06. The Bertz CT molecular complexity index is 444. The molecule has 0 bridgehead atoms. The maximum absolute atomic E-state index is 12.3. The van der Waals surface area contributed by atoms with Gasteiger partial charge in [-0.3, -0.25) is 0 Å². The molecule has 7 heteroatoms. The lowest BCUT2D eigenvalue weighted by atomic mass is 10.5. The monoisotopic (exact) mass is 279 g/mol. The van der Waals surface area contributed by atoms with Gasteiger partial charge in [-0.2, -0.15) is 4.31 Å². The molecule has 1 aromatic rings. The first-order valence-electron chi connectivity index (χ1n) is 5.49. The lowest BCUT2D eigenvalue weighted by molar-refractivity contribution is 0.426. The molecule has 1 rings (SSSR count). The number of alkyl halides is 1. The van der Waals surface area contributed by atoms with Crippen molar-refractivity contribution in [2.45, 2.75) is 25.3 Å². The van der Waals surface area contributed by atoms with Gasteiger partial charge in [-0.25, -0.2) is 13.4 Å². The predicted octanol–water partition coefficient (Wildman–Crippen LogP) is 1.37. The summed E-state index contributed by atoms with van der Waals surface area (Å²) in [6.07, 6.45) is 2.28. The van der Waals surface area contributed by atoms with Crippen molar-refractivity contribution in [3.05, 3.63) is 12.0 Å². The van der Waals surface area contributed by atoms with Crippen molar-refractivity contribution < 1.29 is 8.42 Å². The van der Waals surface area contributed by atoms with E-state index < -0.39 is 10.0 Å². The molecule has 1 heterocycles. The molecule has 0 aromatic carbocycles. The van der Waals surface area contributed by atoms with Crippen molar-refractivity contribution in [2.75, 3.05) is 19.0 Å². The molecular weight excluding hydrogens is 262 g/mol. The molecule has 0 unspecified atom stereocenters. The van der Waals surface area contributed by atoms with Crippen molar-refractivity contribution >= 4 is 21.6 Å². The van der Waals surface area contributed by atoms with Crippen LogP contribution in [0.4, 0.5) is 0 Å². The van der Waals surface area contributed by atoms with Gasteiger partial charge in [0.05, 0.1) is 0 Å². The zero-order valence-corrected chi connectivity index (χ0v) is 11.9. The second-order valence-electron chi connectivity index (χ2n) is 3.83. The number of halogens is 1. The number of aromatic nitrogens is 2. The van der Waals surface area contributed by atoms with E-state index in [1.54, 1.807) is 18.5 Å². The number of hydrogen-bond donors (Lipinski definition) is 0. The van der Waals surface area contributed by atoms with Crippen LogP contribution in [-0.2, 0) is 17.1 Å². The molecule has 0 saturated carbocycles. The first kappa shape index (κ1) is 14.5. The highest BCUT2D eigenvalue weighted by Gasteiger charge is 2.26. The number of sulfonamides is 1. The SMILES string of the molecule is CCCN(CCCl)S(=O)(=O)c1cn(C)c(C)n1. The molecule has 98 valence electrons. The van der Waals surface area contributed by atoms with Gasteiger partial charge in [-0.1, -0.05) is 6.92 Å². The Labute approximate surface area is 107 Å². The first-order valence-corrected chi connectivity index (χ1v) is 7.47. The maximum atomic E-state index is 12.3. The van der Waals surface area contributed by atoms with Gasteiger partial charge < -0.3 is 4.57 Å². The van der Waals surface area contributed by atoms with Gasteiger partial charge in [0, 0.05) is 32.2 Å². The molecule has 0 radical (unpaired) electrons. The van der Waals surface area contributed by atoms with Crippen LogP contribution in [0.15, 0.2) is 11.2 Å². The normalized spacial score (nSPS) is 12.3. The molecule has 0 atom stereocenters. The first-order chi connectivity index (χ1) is 7.93. The summed E-state index contributed by atoms with van der Waals surface area (Å²) < 4.78 is 27.6. The smallest absolute Gasteiger partial charge is 0.262 e. The lowest BCUT2D eigenvalue weighted by Gasteiger charge is -2.18. The summed E-state index contributed by atoms with van der Waals surface area (Å²) in [5, 5.41) is 0.0936. The van der Waals surface area contributed by atoms with E-state index in [1.807, 2.05) is 6.92 Å². The van der Waals surface area contributed by atoms with Crippen LogP contribution in [0.3, 0.4) is 0 Å². The van der Waals surface area contributed by atoms with E-state index in [2.05, 4.69) is 4.98 Å². The number of nitrogens with zero attached hydrogens (tertiary/aromatic N) is 3. The molecule has 1 aromatic heterocycles. The second kappa shape index (κ2) is 5.84. The summed E-state index contributed by atoms with van der Waals surface area (Å²) in [6, 6.07) is 0. The zero-order chi connectivity index (χ0) is 13.1. The molecular formula is C10H18ClN3O2S. The van der Waals surface area contributed by atoms with E-state index in [4.69, 9.17) is 11.6 Å². The third-order valence-corrected chi connectivity index (χ3v) is 4.44. The Morgan fingerprint density at radius 2 is 2.12 bits per heavy atom. The minimum atomic E-state index is -3.51. The number of rotatable bonds is 6. The minimum absolute atomic E-state index is 0.0936. The van der Waals surface area contributed by atoms with Crippen molar-refractivity contribution in [3.8, 4) is 0 Å². The van der Waals surface area contributed by atoms with Gasteiger partial charge in [0.15, 0.2) is 5.03 Å². The van der Waals surface area contributed by atoms with E-state index in [9.17, 15) is 8.42 Å². The second-order valence-corrected chi connectivity index (χ2v) is 6.09. The highest BCUT2D eigenvalue weighted by Crippen LogP contribution is 2.15. The fourth-order valence-corrected chi connectivity index (χ4v) is 3.34. The molecule has 0 amide bonds. The molecule has 0 aliphatic heterocycles. The number of imidazole rings is 1. The van der Waals surface area contributed by atoms with Crippen molar-refractivity contribution in [1.29, 1.82) is 0 Å².